The average Bonchev–Trinajstić information content (AvgIpc) is 2.55. The molecule has 0 spiro atoms. The van der Waals surface area contributed by atoms with E-state index in [1.807, 2.05) is 19.9 Å². The molecule has 0 unspecified atom stereocenters. The Morgan fingerprint density at radius 2 is 1.60 bits per heavy atom. The summed E-state index contributed by atoms with van der Waals surface area (Å²) in [5.41, 5.74) is 1.19. The molecule has 1 N–H and O–H groups in total. The van der Waals surface area contributed by atoms with Gasteiger partial charge < -0.3 is 5.11 Å². The summed E-state index contributed by atoms with van der Waals surface area (Å²) in [6.45, 7) is 4.11. The van der Waals surface area contributed by atoms with Gasteiger partial charge in [0, 0.05) is 13.1 Å². The van der Waals surface area contributed by atoms with E-state index in [-0.39, 0.29) is 18.2 Å². The van der Waals surface area contributed by atoms with Crippen LogP contribution in [0.4, 0.5) is 4.39 Å². The quantitative estimate of drug-likeness (QED) is 0.780. The predicted octanol–water partition coefficient (Wildman–Crippen LogP) is 3.35. The van der Waals surface area contributed by atoms with Gasteiger partial charge in [-0.25, -0.2) is 12.8 Å². The third kappa shape index (κ3) is 5.92. The van der Waals surface area contributed by atoms with Crippen molar-refractivity contribution in [2.45, 2.75) is 25.7 Å². The molecule has 0 fully saturated rings. The first kappa shape index (κ1) is 19.6. The maximum atomic E-state index is 13.0. The fourth-order valence-corrected chi connectivity index (χ4v) is 4.26. The molecule has 4 nitrogen and oxygen atoms in total. The molecule has 0 bridgehead atoms. The van der Waals surface area contributed by atoms with Crippen molar-refractivity contribution in [2.24, 2.45) is 5.92 Å². The minimum absolute atomic E-state index is 0.0566. The second-order valence-corrected chi connectivity index (χ2v) is 8.49. The van der Waals surface area contributed by atoms with Crippen LogP contribution in [-0.2, 0) is 15.8 Å². The molecule has 1 atom stereocenters. The minimum atomic E-state index is -3.58. The largest absolute Gasteiger partial charge is 0.387 e. The van der Waals surface area contributed by atoms with Gasteiger partial charge in [-0.2, -0.15) is 4.31 Å². The lowest BCUT2D eigenvalue weighted by molar-refractivity contribution is 0.143. The number of sulfonamides is 1. The van der Waals surface area contributed by atoms with Crippen LogP contribution < -0.4 is 0 Å². The molecular weight excluding hydrogens is 341 g/mol. The van der Waals surface area contributed by atoms with Crippen molar-refractivity contribution in [3.63, 3.8) is 0 Å². The summed E-state index contributed by atoms with van der Waals surface area (Å²) < 4.78 is 40.0. The lowest BCUT2D eigenvalue weighted by atomic mass is 10.1. The zero-order valence-electron chi connectivity index (χ0n) is 14.5. The Kier molecular flexibility index (Phi) is 6.70. The fourth-order valence-electron chi connectivity index (χ4n) is 2.57. The van der Waals surface area contributed by atoms with E-state index >= 15 is 0 Å². The normalized spacial score (nSPS) is 13.4. The molecule has 0 saturated carbocycles. The van der Waals surface area contributed by atoms with Gasteiger partial charge in [0.15, 0.2) is 0 Å². The van der Waals surface area contributed by atoms with E-state index in [1.54, 1.807) is 24.3 Å². The number of hydrogen-bond acceptors (Lipinski definition) is 3. The van der Waals surface area contributed by atoms with Gasteiger partial charge in [-0.1, -0.05) is 56.3 Å². The number of rotatable bonds is 8. The average molecular weight is 365 g/mol. The lowest BCUT2D eigenvalue weighted by Gasteiger charge is -2.26. The second-order valence-electron chi connectivity index (χ2n) is 6.52. The van der Waals surface area contributed by atoms with Gasteiger partial charge in [-0.3, -0.25) is 0 Å². The van der Waals surface area contributed by atoms with Crippen molar-refractivity contribution < 1.29 is 17.9 Å². The fraction of sp³-hybridized carbons (Fsp3) is 0.368. The van der Waals surface area contributed by atoms with Crippen molar-refractivity contribution in [1.82, 2.24) is 4.31 Å². The highest BCUT2D eigenvalue weighted by molar-refractivity contribution is 7.88. The number of aliphatic hydroxyl groups is 1. The lowest BCUT2D eigenvalue weighted by Crippen LogP contribution is -2.38. The predicted molar refractivity (Wildman–Crippen MR) is 96.8 cm³/mol. The van der Waals surface area contributed by atoms with E-state index in [4.69, 9.17) is 0 Å². The third-order valence-corrected chi connectivity index (χ3v) is 5.57. The van der Waals surface area contributed by atoms with Gasteiger partial charge in [0.1, 0.15) is 5.82 Å². The topological polar surface area (TPSA) is 57.6 Å². The Bertz CT molecular complexity index is 761. The summed E-state index contributed by atoms with van der Waals surface area (Å²) >= 11 is 0. The molecule has 0 aliphatic carbocycles. The SMILES string of the molecule is CC(C)CN(C[C@H](O)c1ccc(F)cc1)S(=O)(=O)Cc1ccccc1. The van der Waals surface area contributed by atoms with Crippen molar-refractivity contribution in [3.8, 4) is 0 Å². The van der Waals surface area contributed by atoms with Crippen molar-refractivity contribution in [1.29, 1.82) is 0 Å². The molecule has 25 heavy (non-hydrogen) atoms. The van der Waals surface area contributed by atoms with E-state index in [2.05, 4.69) is 0 Å². The van der Waals surface area contributed by atoms with Crippen LogP contribution in [0.15, 0.2) is 54.6 Å². The Hall–Kier alpha value is -1.76. The van der Waals surface area contributed by atoms with E-state index in [0.29, 0.717) is 17.7 Å². The van der Waals surface area contributed by atoms with Crippen LogP contribution in [0.25, 0.3) is 0 Å². The van der Waals surface area contributed by atoms with Gasteiger partial charge >= 0.3 is 0 Å². The summed E-state index contributed by atoms with van der Waals surface area (Å²) in [6, 6.07) is 14.4. The number of nitrogens with zero attached hydrogens (tertiary/aromatic N) is 1. The van der Waals surface area contributed by atoms with Crippen molar-refractivity contribution in [3.05, 3.63) is 71.5 Å². The minimum Gasteiger partial charge on any atom is -0.387 e. The molecular formula is C19H24FNO3S. The number of hydrogen-bond donors (Lipinski definition) is 1. The van der Waals surface area contributed by atoms with E-state index < -0.39 is 21.9 Å². The molecule has 2 rings (SSSR count). The summed E-state index contributed by atoms with van der Waals surface area (Å²) in [7, 11) is -3.58. The smallest absolute Gasteiger partial charge is 0.218 e. The Morgan fingerprint density at radius 3 is 2.16 bits per heavy atom. The molecule has 0 aromatic heterocycles. The number of aliphatic hydroxyl groups excluding tert-OH is 1. The molecule has 0 saturated heterocycles. The van der Waals surface area contributed by atoms with Gasteiger partial charge in [0.2, 0.25) is 10.0 Å². The molecule has 0 amide bonds. The van der Waals surface area contributed by atoms with Gasteiger partial charge in [-0.15, -0.1) is 0 Å². The summed E-state index contributed by atoms with van der Waals surface area (Å²) in [6.07, 6.45) is -1.01. The molecule has 0 radical (unpaired) electrons. The highest BCUT2D eigenvalue weighted by Gasteiger charge is 2.26. The zero-order chi connectivity index (χ0) is 18.4. The van der Waals surface area contributed by atoms with Crippen LogP contribution in [0.2, 0.25) is 0 Å². The Balaban J connectivity index is 2.18. The molecule has 0 aliphatic rings. The summed E-state index contributed by atoms with van der Waals surface area (Å²) in [4.78, 5) is 0. The van der Waals surface area contributed by atoms with Crippen LogP contribution in [0, 0.1) is 11.7 Å². The van der Waals surface area contributed by atoms with Gasteiger partial charge in [0.05, 0.1) is 11.9 Å². The van der Waals surface area contributed by atoms with E-state index in [9.17, 15) is 17.9 Å². The van der Waals surface area contributed by atoms with E-state index in [1.165, 1.54) is 28.6 Å². The van der Waals surface area contributed by atoms with Crippen LogP contribution in [-0.4, -0.2) is 30.9 Å². The zero-order valence-corrected chi connectivity index (χ0v) is 15.3. The summed E-state index contributed by atoms with van der Waals surface area (Å²) in [5, 5.41) is 10.4. The van der Waals surface area contributed by atoms with Gasteiger partial charge in [-0.05, 0) is 29.2 Å². The first-order valence-corrected chi connectivity index (χ1v) is 9.84. The van der Waals surface area contributed by atoms with Crippen LogP contribution in [0.3, 0.4) is 0 Å². The van der Waals surface area contributed by atoms with Crippen LogP contribution >= 0.6 is 0 Å². The summed E-state index contributed by atoms with van der Waals surface area (Å²) in [5.74, 6) is -0.394. The highest BCUT2D eigenvalue weighted by Crippen LogP contribution is 2.20. The number of halogens is 1. The first-order valence-electron chi connectivity index (χ1n) is 8.23. The number of benzene rings is 2. The first-order chi connectivity index (χ1) is 11.8. The van der Waals surface area contributed by atoms with Crippen LogP contribution in [0.1, 0.15) is 31.1 Å². The van der Waals surface area contributed by atoms with Crippen LogP contribution in [0.5, 0.6) is 0 Å². The Morgan fingerprint density at radius 1 is 1.00 bits per heavy atom. The molecule has 136 valence electrons. The molecule has 2 aromatic rings. The van der Waals surface area contributed by atoms with E-state index in [0.717, 1.165) is 0 Å². The molecule has 6 heteroatoms. The molecule has 0 heterocycles. The Labute approximate surface area is 149 Å². The van der Waals surface area contributed by atoms with Crippen molar-refractivity contribution >= 4 is 10.0 Å². The maximum absolute atomic E-state index is 13.0. The standard InChI is InChI=1S/C19H24FNO3S/c1-15(2)12-21(13-19(22)17-8-10-18(20)11-9-17)25(23,24)14-16-6-4-3-5-7-16/h3-11,15,19,22H,12-14H2,1-2H3/t19-/m0/s1. The molecule has 0 aliphatic heterocycles. The highest BCUT2D eigenvalue weighted by atomic mass is 32.2. The second kappa shape index (κ2) is 8.56. The monoisotopic (exact) mass is 365 g/mol. The maximum Gasteiger partial charge on any atom is 0.218 e. The van der Waals surface area contributed by atoms with Crippen molar-refractivity contribution in [2.75, 3.05) is 13.1 Å². The van der Waals surface area contributed by atoms with Gasteiger partial charge in [0.25, 0.3) is 0 Å². The third-order valence-electron chi connectivity index (χ3n) is 3.79. The molecule has 2 aromatic carbocycles.